The second-order valence-corrected chi connectivity index (χ2v) is 5.62. The summed E-state index contributed by atoms with van der Waals surface area (Å²) in [5.74, 6) is 0.722. The second-order valence-electron chi connectivity index (χ2n) is 5.22. The normalized spacial score (nSPS) is 12.4. The number of rotatable bonds is 11. The largest absolute Gasteiger partial charge is 0.491 e. The van der Waals surface area contributed by atoms with Gasteiger partial charge in [-0.1, -0.05) is 24.4 Å². The first kappa shape index (κ1) is 18.2. The molecule has 4 nitrogen and oxygen atoms in total. The Bertz CT molecular complexity index is 401. The summed E-state index contributed by atoms with van der Waals surface area (Å²) in [7, 11) is 0. The molecule has 1 atom stereocenters. The first-order chi connectivity index (χ1) is 10.1. The Morgan fingerprint density at radius 1 is 1.24 bits per heavy atom. The molecule has 5 heteroatoms. The van der Waals surface area contributed by atoms with Crippen LogP contribution in [0.4, 0.5) is 0 Å². The summed E-state index contributed by atoms with van der Waals surface area (Å²) < 4.78 is 5.54. The smallest absolute Gasteiger partial charge is 0.119 e. The zero-order valence-corrected chi connectivity index (χ0v) is 13.4. The van der Waals surface area contributed by atoms with Gasteiger partial charge < -0.3 is 20.3 Å². The van der Waals surface area contributed by atoms with E-state index in [0.29, 0.717) is 11.6 Å². The van der Waals surface area contributed by atoms with E-state index in [1.165, 1.54) is 0 Å². The lowest BCUT2D eigenvalue weighted by Crippen LogP contribution is -2.32. The highest BCUT2D eigenvalue weighted by Crippen LogP contribution is 2.21. The molecule has 0 aromatic heterocycles. The van der Waals surface area contributed by atoms with Crippen molar-refractivity contribution in [3.63, 3.8) is 0 Å². The topological polar surface area (TPSA) is 61.7 Å². The average Bonchev–Trinajstić information content (AvgIpc) is 2.47. The monoisotopic (exact) mass is 315 g/mol. The van der Waals surface area contributed by atoms with E-state index in [1.54, 1.807) is 12.1 Å². The van der Waals surface area contributed by atoms with Gasteiger partial charge in [-0.05, 0) is 50.1 Å². The lowest BCUT2D eigenvalue weighted by atomic mass is 10.2. The van der Waals surface area contributed by atoms with Crippen molar-refractivity contribution in [1.82, 2.24) is 5.32 Å². The number of hydrogen-bond donors (Lipinski definition) is 3. The van der Waals surface area contributed by atoms with Gasteiger partial charge in [-0.25, -0.2) is 0 Å². The van der Waals surface area contributed by atoms with Gasteiger partial charge in [0.15, 0.2) is 0 Å². The van der Waals surface area contributed by atoms with Crippen molar-refractivity contribution in [1.29, 1.82) is 0 Å². The van der Waals surface area contributed by atoms with Crippen molar-refractivity contribution in [3.05, 3.63) is 28.8 Å². The molecule has 0 amide bonds. The van der Waals surface area contributed by atoms with Crippen LogP contribution in [-0.4, -0.2) is 42.6 Å². The maximum Gasteiger partial charge on any atom is 0.119 e. The van der Waals surface area contributed by atoms with Crippen LogP contribution in [0.2, 0.25) is 5.02 Å². The van der Waals surface area contributed by atoms with E-state index in [1.807, 2.05) is 13.0 Å². The standard InChI is InChI=1S/C16H26ClNO3/c1-13-10-15(6-7-16(13)17)21-12-14(20)11-18-8-4-2-3-5-9-19/h6-7,10,14,18-20H,2-5,8-9,11-12H2,1H3. The number of ether oxygens (including phenoxy) is 1. The van der Waals surface area contributed by atoms with Gasteiger partial charge in [0.2, 0.25) is 0 Å². The second kappa shape index (κ2) is 10.9. The zero-order valence-electron chi connectivity index (χ0n) is 12.6. The van der Waals surface area contributed by atoms with Crippen molar-refractivity contribution >= 4 is 11.6 Å². The van der Waals surface area contributed by atoms with E-state index >= 15 is 0 Å². The quantitative estimate of drug-likeness (QED) is 0.549. The molecule has 0 heterocycles. The van der Waals surface area contributed by atoms with Crippen LogP contribution >= 0.6 is 11.6 Å². The fraction of sp³-hybridized carbons (Fsp3) is 0.625. The average molecular weight is 316 g/mol. The molecule has 0 bridgehead atoms. The summed E-state index contributed by atoms with van der Waals surface area (Å²) in [6.07, 6.45) is 3.56. The van der Waals surface area contributed by atoms with E-state index in [4.69, 9.17) is 21.4 Å². The molecular weight excluding hydrogens is 290 g/mol. The van der Waals surface area contributed by atoms with Crippen molar-refractivity contribution in [3.8, 4) is 5.75 Å². The van der Waals surface area contributed by atoms with Crippen LogP contribution in [0.5, 0.6) is 5.75 Å². The molecule has 0 aliphatic carbocycles. The van der Waals surface area contributed by atoms with Crippen LogP contribution in [0.1, 0.15) is 31.2 Å². The molecule has 0 radical (unpaired) electrons. The maximum atomic E-state index is 9.83. The van der Waals surface area contributed by atoms with Gasteiger partial charge in [-0.3, -0.25) is 0 Å². The van der Waals surface area contributed by atoms with Crippen LogP contribution in [0.3, 0.4) is 0 Å². The van der Waals surface area contributed by atoms with E-state index in [2.05, 4.69) is 5.32 Å². The van der Waals surface area contributed by atoms with Gasteiger partial charge in [0.1, 0.15) is 18.5 Å². The van der Waals surface area contributed by atoms with Crippen molar-refractivity contribution < 1.29 is 14.9 Å². The van der Waals surface area contributed by atoms with Crippen LogP contribution in [-0.2, 0) is 0 Å². The van der Waals surface area contributed by atoms with E-state index in [-0.39, 0.29) is 13.2 Å². The Balaban J connectivity index is 2.08. The lowest BCUT2D eigenvalue weighted by Gasteiger charge is -2.14. The van der Waals surface area contributed by atoms with Gasteiger partial charge in [-0.2, -0.15) is 0 Å². The maximum absolute atomic E-state index is 9.83. The highest BCUT2D eigenvalue weighted by atomic mass is 35.5. The number of aryl methyl sites for hydroxylation is 1. The SMILES string of the molecule is Cc1cc(OCC(O)CNCCCCCCO)ccc1Cl. The molecular formula is C16H26ClNO3. The molecule has 0 saturated heterocycles. The number of nitrogens with one attached hydrogen (secondary N) is 1. The van der Waals surface area contributed by atoms with Gasteiger partial charge in [-0.15, -0.1) is 0 Å². The molecule has 3 N–H and O–H groups in total. The molecule has 1 rings (SSSR count). The number of hydrogen-bond acceptors (Lipinski definition) is 4. The number of halogens is 1. The number of benzene rings is 1. The first-order valence-electron chi connectivity index (χ1n) is 7.52. The van der Waals surface area contributed by atoms with Gasteiger partial charge in [0.25, 0.3) is 0 Å². The number of unbranched alkanes of at least 4 members (excludes halogenated alkanes) is 3. The molecule has 21 heavy (non-hydrogen) atoms. The molecule has 120 valence electrons. The van der Waals surface area contributed by atoms with Crippen molar-refractivity contribution in [2.45, 2.75) is 38.7 Å². The fourth-order valence-corrected chi connectivity index (χ4v) is 2.06. The molecule has 0 spiro atoms. The predicted molar refractivity (Wildman–Crippen MR) is 86.1 cm³/mol. The minimum atomic E-state index is -0.529. The summed E-state index contributed by atoms with van der Waals surface area (Å²) in [6, 6.07) is 5.46. The molecule has 0 aliphatic heterocycles. The summed E-state index contributed by atoms with van der Waals surface area (Å²) in [5, 5.41) is 22.4. The van der Waals surface area contributed by atoms with E-state index in [9.17, 15) is 5.11 Å². The Kier molecular flexibility index (Phi) is 9.42. The predicted octanol–water partition coefficient (Wildman–Crippen LogP) is 2.53. The molecule has 1 aromatic carbocycles. The molecule has 0 fully saturated rings. The Hall–Kier alpha value is -0.810. The zero-order chi connectivity index (χ0) is 15.5. The lowest BCUT2D eigenvalue weighted by molar-refractivity contribution is 0.106. The van der Waals surface area contributed by atoms with Gasteiger partial charge in [0, 0.05) is 18.2 Å². The summed E-state index contributed by atoms with van der Waals surface area (Å²) >= 11 is 5.94. The highest BCUT2D eigenvalue weighted by molar-refractivity contribution is 6.31. The summed E-state index contributed by atoms with van der Waals surface area (Å²) in [6.45, 7) is 3.85. The van der Waals surface area contributed by atoms with Crippen LogP contribution in [0.15, 0.2) is 18.2 Å². The molecule has 1 unspecified atom stereocenters. The minimum Gasteiger partial charge on any atom is -0.491 e. The molecule has 1 aromatic rings. The Labute approximate surface area is 132 Å². The first-order valence-corrected chi connectivity index (χ1v) is 7.90. The highest BCUT2D eigenvalue weighted by Gasteiger charge is 2.05. The van der Waals surface area contributed by atoms with Crippen molar-refractivity contribution in [2.24, 2.45) is 0 Å². The fourth-order valence-electron chi connectivity index (χ4n) is 1.94. The number of aliphatic hydroxyl groups excluding tert-OH is 2. The third-order valence-corrected chi connectivity index (χ3v) is 3.64. The van der Waals surface area contributed by atoms with E-state index < -0.39 is 6.10 Å². The molecule has 0 aliphatic rings. The van der Waals surface area contributed by atoms with Gasteiger partial charge >= 0.3 is 0 Å². The van der Waals surface area contributed by atoms with Gasteiger partial charge in [0.05, 0.1) is 0 Å². The molecule has 0 saturated carbocycles. The number of aliphatic hydroxyl groups is 2. The van der Waals surface area contributed by atoms with Crippen molar-refractivity contribution in [2.75, 3.05) is 26.3 Å². The van der Waals surface area contributed by atoms with Crippen LogP contribution in [0, 0.1) is 6.92 Å². The Morgan fingerprint density at radius 2 is 2.00 bits per heavy atom. The third kappa shape index (κ3) is 8.27. The van der Waals surface area contributed by atoms with Crippen LogP contribution in [0.25, 0.3) is 0 Å². The minimum absolute atomic E-state index is 0.262. The van der Waals surface area contributed by atoms with Crippen LogP contribution < -0.4 is 10.1 Å². The summed E-state index contributed by atoms with van der Waals surface area (Å²) in [4.78, 5) is 0. The third-order valence-electron chi connectivity index (χ3n) is 3.21. The van der Waals surface area contributed by atoms with E-state index in [0.717, 1.165) is 43.5 Å². The summed E-state index contributed by atoms with van der Waals surface area (Å²) in [5.41, 5.74) is 0.963. The Morgan fingerprint density at radius 3 is 2.71 bits per heavy atom.